The zero-order valence-electron chi connectivity index (χ0n) is 14.5. The highest BCUT2D eigenvalue weighted by Gasteiger charge is 2.25. The Kier molecular flexibility index (Phi) is 6.00. The fourth-order valence-corrected chi connectivity index (χ4v) is 4.00. The van der Waals surface area contributed by atoms with E-state index in [1.54, 1.807) is 18.2 Å². The minimum atomic E-state index is -3.55. The van der Waals surface area contributed by atoms with Gasteiger partial charge in [0.05, 0.1) is 23.8 Å². The zero-order chi connectivity index (χ0) is 19.3. The van der Waals surface area contributed by atoms with Gasteiger partial charge in [-0.05, 0) is 35.9 Å². The second-order valence-corrected chi connectivity index (χ2v) is 7.83. The van der Waals surface area contributed by atoms with Crippen LogP contribution in [0.1, 0.15) is 5.56 Å². The third kappa shape index (κ3) is 4.79. The molecule has 142 valence electrons. The van der Waals surface area contributed by atoms with Gasteiger partial charge in [0.25, 0.3) is 0 Å². The first kappa shape index (κ1) is 19.2. The molecule has 8 heteroatoms. The summed E-state index contributed by atoms with van der Waals surface area (Å²) in [4.78, 5) is 12.1. The number of benzene rings is 2. The third-order valence-electron chi connectivity index (χ3n) is 4.05. The minimum Gasteiger partial charge on any atom is -0.379 e. The lowest BCUT2D eigenvalue weighted by Gasteiger charge is -2.26. The molecule has 6 nitrogen and oxygen atoms in total. The van der Waals surface area contributed by atoms with Gasteiger partial charge in [-0.15, -0.1) is 0 Å². The maximum atomic E-state index is 13.5. The number of rotatable bonds is 5. The maximum absolute atomic E-state index is 13.5. The van der Waals surface area contributed by atoms with Crippen LogP contribution in [0.4, 0.5) is 10.1 Å². The number of sulfonamides is 1. The first-order valence-corrected chi connectivity index (χ1v) is 9.82. The van der Waals surface area contributed by atoms with Crippen LogP contribution in [0.5, 0.6) is 0 Å². The van der Waals surface area contributed by atoms with Crippen LogP contribution in [-0.2, 0) is 19.6 Å². The van der Waals surface area contributed by atoms with Crippen molar-refractivity contribution in [1.29, 1.82) is 0 Å². The van der Waals surface area contributed by atoms with Gasteiger partial charge in [-0.25, -0.2) is 12.8 Å². The average molecular weight is 390 g/mol. The van der Waals surface area contributed by atoms with E-state index in [0.717, 1.165) is 0 Å². The van der Waals surface area contributed by atoms with E-state index in [-0.39, 0.29) is 10.6 Å². The van der Waals surface area contributed by atoms with Gasteiger partial charge in [0.15, 0.2) is 0 Å². The highest BCUT2D eigenvalue weighted by molar-refractivity contribution is 7.89. The Hall–Kier alpha value is -2.55. The monoisotopic (exact) mass is 390 g/mol. The Labute approximate surface area is 157 Å². The molecule has 2 aromatic carbocycles. The highest BCUT2D eigenvalue weighted by Crippen LogP contribution is 2.18. The van der Waals surface area contributed by atoms with Crippen molar-refractivity contribution in [3.63, 3.8) is 0 Å². The summed E-state index contributed by atoms with van der Waals surface area (Å²) in [5.41, 5.74) is 0.749. The molecule has 1 aliphatic rings. The number of ether oxygens (including phenoxy) is 1. The van der Waals surface area contributed by atoms with Crippen LogP contribution >= 0.6 is 0 Å². The highest BCUT2D eigenvalue weighted by atomic mass is 32.2. The summed E-state index contributed by atoms with van der Waals surface area (Å²) in [6.45, 7) is 1.44. The second kappa shape index (κ2) is 8.43. The number of morpholine rings is 1. The van der Waals surface area contributed by atoms with E-state index in [1.807, 2.05) is 0 Å². The number of nitrogens with one attached hydrogen (secondary N) is 1. The molecule has 0 atom stereocenters. The largest absolute Gasteiger partial charge is 0.379 e. The molecular formula is C19H19FN2O4S. The van der Waals surface area contributed by atoms with Crippen LogP contribution in [0.15, 0.2) is 59.5 Å². The Morgan fingerprint density at radius 1 is 1.07 bits per heavy atom. The molecule has 2 aromatic rings. The predicted octanol–water partition coefficient (Wildman–Crippen LogP) is 2.50. The summed E-state index contributed by atoms with van der Waals surface area (Å²) in [5, 5.41) is 2.44. The number of nitrogens with zero attached hydrogens (tertiary/aromatic N) is 1. The molecule has 1 heterocycles. The van der Waals surface area contributed by atoms with Crippen LogP contribution in [0.3, 0.4) is 0 Å². The second-order valence-electron chi connectivity index (χ2n) is 5.89. The number of halogens is 1. The van der Waals surface area contributed by atoms with E-state index in [2.05, 4.69) is 5.32 Å². The molecule has 0 radical (unpaired) electrons. The van der Waals surface area contributed by atoms with E-state index in [9.17, 15) is 17.6 Å². The molecule has 27 heavy (non-hydrogen) atoms. The average Bonchev–Trinajstić information content (AvgIpc) is 2.69. The summed E-state index contributed by atoms with van der Waals surface area (Å²) in [7, 11) is -3.55. The van der Waals surface area contributed by atoms with Crippen molar-refractivity contribution in [3.05, 3.63) is 66.0 Å². The van der Waals surface area contributed by atoms with Crippen molar-refractivity contribution in [1.82, 2.24) is 4.31 Å². The van der Waals surface area contributed by atoms with Gasteiger partial charge in [-0.1, -0.05) is 24.3 Å². The quantitative estimate of drug-likeness (QED) is 0.796. The number of anilines is 1. The molecule has 0 aliphatic carbocycles. The minimum absolute atomic E-state index is 0.0964. The summed E-state index contributed by atoms with van der Waals surface area (Å²) in [6.07, 6.45) is 2.79. The smallest absolute Gasteiger partial charge is 0.248 e. The summed E-state index contributed by atoms with van der Waals surface area (Å²) >= 11 is 0. The lowest BCUT2D eigenvalue weighted by atomic mass is 10.2. The van der Waals surface area contributed by atoms with E-state index in [4.69, 9.17) is 4.74 Å². The van der Waals surface area contributed by atoms with Crippen LogP contribution in [0.25, 0.3) is 6.08 Å². The fraction of sp³-hybridized carbons (Fsp3) is 0.211. The molecule has 1 N–H and O–H groups in total. The molecule has 1 fully saturated rings. The van der Waals surface area contributed by atoms with Crippen LogP contribution in [0.2, 0.25) is 0 Å². The number of hydrogen-bond donors (Lipinski definition) is 1. The predicted molar refractivity (Wildman–Crippen MR) is 100 cm³/mol. The Bertz CT molecular complexity index is 936. The van der Waals surface area contributed by atoms with Crippen LogP contribution < -0.4 is 5.32 Å². The molecular weight excluding hydrogens is 371 g/mol. The van der Waals surface area contributed by atoms with Gasteiger partial charge in [0.1, 0.15) is 5.82 Å². The Morgan fingerprint density at radius 2 is 1.74 bits per heavy atom. The van der Waals surface area contributed by atoms with Crippen molar-refractivity contribution in [2.24, 2.45) is 0 Å². The topological polar surface area (TPSA) is 75.7 Å². The van der Waals surface area contributed by atoms with E-state index in [0.29, 0.717) is 31.9 Å². The first-order valence-electron chi connectivity index (χ1n) is 8.38. The Morgan fingerprint density at radius 3 is 2.41 bits per heavy atom. The third-order valence-corrected chi connectivity index (χ3v) is 5.96. The number of carbonyl (C=O) groups is 1. The molecule has 0 saturated carbocycles. The zero-order valence-corrected chi connectivity index (χ0v) is 15.3. The number of para-hydroxylation sites is 1. The molecule has 1 amide bonds. The molecule has 1 saturated heterocycles. The standard InChI is InChI=1S/C19H19FN2O4S/c20-17-3-1-2-4-18(17)21-19(23)10-7-15-5-8-16(9-6-15)27(24,25)22-11-13-26-14-12-22/h1-10H,11-14H2,(H,21,23)/b10-7+. The van der Waals surface area contributed by atoms with Gasteiger partial charge < -0.3 is 10.1 Å². The molecule has 1 aliphatic heterocycles. The van der Waals surface area contributed by atoms with Gasteiger partial charge in [0.2, 0.25) is 15.9 Å². The number of amides is 1. The van der Waals surface area contributed by atoms with E-state index >= 15 is 0 Å². The maximum Gasteiger partial charge on any atom is 0.248 e. The summed E-state index contributed by atoms with van der Waals surface area (Å²) < 4.78 is 45.2. The Balaban J connectivity index is 1.65. The van der Waals surface area contributed by atoms with Crippen LogP contribution in [0, 0.1) is 5.82 Å². The molecule has 0 unspecified atom stereocenters. The lowest BCUT2D eigenvalue weighted by Crippen LogP contribution is -2.40. The molecule has 3 rings (SSSR count). The first-order chi connectivity index (χ1) is 13.0. The summed E-state index contributed by atoms with van der Waals surface area (Å²) in [6, 6.07) is 12.1. The normalized spacial score (nSPS) is 15.7. The van der Waals surface area contributed by atoms with E-state index < -0.39 is 21.7 Å². The van der Waals surface area contributed by atoms with Crippen molar-refractivity contribution < 1.29 is 22.3 Å². The number of carbonyl (C=O) groups excluding carboxylic acids is 1. The van der Waals surface area contributed by atoms with Gasteiger partial charge >= 0.3 is 0 Å². The van der Waals surface area contributed by atoms with Crippen molar-refractivity contribution >= 4 is 27.7 Å². The molecule has 0 aromatic heterocycles. The van der Waals surface area contributed by atoms with Crippen LogP contribution in [-0.4, -0.2) is 44.9 Å². The number of hydrogen-bond acceptors (Lipinski definition) is 4. The van der Waals surface area contributed by atoms with E-state index in [1.165, 1.54) is 46.8 Å². The molecule has 0 bridgehead atoms. The van der Waals surface area contributed by atoms with Gasteiger partial charge in [-0.3, -0.25) is 4.79 Å². The fourth-order valence-electron chi connectivity index (χ4n) is 2.60. The van der Waals surface area contributed by atoms with Gasteiger partial charge in [-0.2, -0.15) is 4.31 Å². The summed E-state index contributed by atoms with van der Waals surface area (Å²) in [5.74, 6) is -0.998. The van der Waals surface area contributed by atoms with Crippen molar-refractivity contribution in [2.45, 2.75) is 4.90 Å². The SMILES string of the molecule is O=C(/C=C/c1ccc(S(=O)(=O)N2CCOCC2)cc1)Nc1ccccc1F. The lowest BCUT2D eigenvalue weighted by molar-refractivity contribution is -0.111. The van der Waals surface area contributed by atoms with Crippen molar-refractivity contribution in [2.75, 3.05) is 31.6 Å². The van der Waals surface area contributed by atoms with Gasteiger partial charge in [0, 0.05) is 19.2 Å². The van der Waals surface area contributed by atoms with Crippen molar-refractivity contribution in [3.8, 4) is 0 Å². The molecule has 0 spiro atoms.